The largest absolute Gasteiger partial charge is 0.477 e. The van der Waals surface area contributed by atoms with E-state index in [1.807, 2.05) is 91.0 Å². The van der Waals surface area contributed by atoms with Gasteiger partial charge in [-0.15, -0.1) is 23.1 Å². The molecule has 3 aromatic carbocycles. The van der Waals surface area contributed by atoms with Crippen LogP contribution in [0.15, 0.2) is 124 Å². The Morgan fingerprint density at radius 3 is 2.15 bits per heavy atom. The summed E-state index contributed by atoms with van der Waals surface area (Å²) in [7, 11) is 0. The maximum atomic E-state index is 14.1. The summed E-state index contributed by atoms with van der Waals surface area (Å²) in [6.45, 7) is -0.394. The number of carboxylic acid groups (broad SMARTS) is 1. The molecule has 4 aromatic rings. The van der Waals surface area contributed by atoms with Crippen molar-refractivity contribution in [3.63, 3.8) is 0 Å². The predicted octanol–water partition coefficient (Wildman–Crippen LogP) is 4.30. The smallest absolute Gasteiger partial charge is 0.352 e. The third-order valence-corrected chi connectivity index (χ3v) is 11.2. The van der Waals surface area contributed by atoms with Gasteiger partial charge in [0.05, 0.1) is 0 Å². The zero-order valence-electron chi connectivity index (χ0n) is 28.1. The zero-order valence-corrected chi connectivity index (χ0v) is 29.7. The number of thioether (sulfide) groups is 1. The number of thiazole rings is 1. The topological polar surface area (TPSA) is 168 Å². The first-order valence-corrected chi connectivity index (χ1v) is 18.6. The van der Waals surface area contributed by atoms with Crippen molar-refractivity contribution < 1.29 is 33.5 Å². The fraction of sp³-hybridized carbons (Fsp3) is 0.211. The Labute approximate surface area is 311 Å². The summed E-state index contributed by atoms with van der Waals surface area (Å²) >= 11 is 2.35. The molecule has 0 radical (unpaired) electrons. The number of fused-ring (bicyclic) bond motifs is 1. The molecular weight excluding hydrogens is 720 g/mol. The maximum Gasteiger partial charge on any atom is 0.352 e. The van der Waals surface area contributed by atoms with Crippen LogP contribution in [-0.4, -0.2) is 86.2 Å². The molecule has 4 heterocycles. The highest BCUT2D eigenvalue weighted by atomic mass is 32.2. The monoisotopic (exact) mass is 752 g/mol. The third-order valence-electron chi connectivity index (χ3n) is 9.20. The molecule has 0 saturated carbocycles. The standard InChI is InChI=1S/C38H33FN6O6S2/c39-17-19-44-18-16-23(33(44)47)20-24-21-52-35-30(34(48)45(35)31(24)36(49)50)42-32(46)29(28-22-53-37(40)41-28)43-51-38(25-10-4-1-5-11-25,26-12-6-2-7-13-26)27-14-8-3-9-15-27/h1-15,20,22,30,35H,16-19,21H2,(H2,40,41)(H,42,46)(H,49,50)/t30-,35-/m1/s1. The number of halogens is 1. The van der Waals surface area contributed by atoms with Gasteiger partial charge in [0.2, 0.25) is 11.5 Å². The van der Waals surface area contributed by atoms with Gasteiger partial charge in [0.1, 0.15) is 29.5 Å². The Bertz CT molecular complexity index is 2050. The summed E-state index contributed by atoms with van der Waals surface area (Å²) in [6.07, 6.45) is 1.82. The molecule has 2 atom stereocenters. The molecule has 4 N–H and O–H groups in total. The minimum Gasteiger partial charge on any atom is -0.477 e. The average Bonchev–Trinajstić information content (AvgIpc) is 3.77. The number of nitrogens with zero attached hydrogens (tertiary/aromatic N) is 4. The van der Waals surface area contributed by atoms with Crippen molar-refractivity contribution in [2.45, 2.75) is 23.4 Å². The van der Waals surface area contributed by atoms with Crippen LogP contribution in [0.5, 0.6) is 0 Å². The first-order valence-electron chi connectivity index (χ1n) is 16.6. The number of benzene rings is 3. The van der Waals surface area contributed by atoms with E-state index in [4.69, 9.17) is 10.6 Å². The quantitative estimate of drug-likeness (QED) is 0.0629. The predicted molar refractivity (Wildman–Crippen MR) is 198 cm³/mol. The van der Waals surface area contributed by atoms with Crippen molar-refractivity contribution in [2.75, 3.05) is 31.3 Å². The van der Waals surface area contributed by atoms with Crippen molar-refractivity contribution >= 4 is 57.6 Å². The van der Waals surface area contributed by atoms with Crippen LogP contribution in [0.3, 0.4) is 0 Å². The van der Waals surface area contributed by atoms with Crippen molar-refractivity contribution in [1.82, 2.24) is 20.1 Å². The lowest BCUT2D eigenvalue weighted by Crippen LogP contribution is -2.71. The number of likely N-dealkylation sites (tertiary alicyclic amines) is 1. The number of alkyl halides is 1. The Balaban J connectivity index is 1.21. The number of nitrogens with two attached hydrogens (primary N) is 1. The van der Waals surface area contributed by atoms with E-state index in [1.54, 1.807) is 5.38 Å². The molecule has 270 valence electrons. The number of nitrogen functional groups attached to an aromatic ring is 1. The molecule has 0 unspecified atom stereocenters. The number of aromatic nitrogens is 1. The van der Waals surface area contributed by atoms with Gasteiger partial charge in [-0.05, 0) is 18.1 Å². The molecule has 0 spiro atoms. The third kappa shape index (κ3) is 6.68. The second-order valence-corrected chi connectivity index (χ2v) is 14.3. The van der Waals surface area contributed by atoms with Gasteiger partial charge in [0.25, 0.3) is 11.8 Å². The van der Waals surface area contributed by atoms with Crippen LogP contribution in [-0.2, 0) is 29.6 Å². The van der Waals surface area contributed by atoms with E-state index >= 15 is 0 Å². The van der Waals surface area contributed by atoms with Gasteiger partial charge >= 0.3 is 5.97 Å². The van der Waals surface area contributed by atoms with Gasteiger partial charge in [-0.1, -0.05) is 96.2 Å². The first-order chi connectivity index (χ1) is 25.7. The summed E-state index contributed by atoms with van der Waals surface area (Å²) in [5, 5.41) is 18.4. The maximum absolute atomic E-state index is 14.1. The van der Waals surface area contributed by atoms with Crippen molar-refractivity contribution in [2.24, 2.45) is 5.16 Å². The zero-order chi connectivity index (χ0) is 37.1. The van der Waals surface area contributed by atoms with Crippen LogP contribution < -0.4 is 11.1 Å². The Morgan fingerprint density at radius 1 is 1.02 bits per heavy atom. The van der Waals surface area contributed by atoms with Gasteiger partial charge in [-0.2, -0.15) is 0 Å². The SMILES string of the molecule is Nc1nc(C(=NOC(c2ccccc2)(c2ccccc2)c2ccccc2)C(=O)N[C@@H]2C(=O)N3C(C(=O)O)=C(C=C4CCN(CCF)C4=O)CS[C@H]23)cs1. The molecule has 7 rings (SSSR count). The van der Waals surface area contributed by atoms with Crippen LogP contribution in [0.2, 0.25) is 0 Å². The van der Waals surface area contributed by atoms with E-state index in [-0.39, 0.29) is 46.0 Å². The normalized spacial score (nSPS) is 19.6. The first kappa shape index (κ1) is 35.6. The summed E-state index contributed by atoms with van der Waals surface area (Å²) in [6, 6.07) is 27.2. The number of rotatable bonds is 12. The molecule has 15 heteroatoms. The summed E-state index contributed by atoms with van der Waals surface area (Å²) in [5.41, 5.74) is 7.10. The van der Waals surface area contributed by atoms with E-state index in [0.717, 1.165) is 32.9 Å². The number of amides is 3. The fourth-order valence-corrected chi connectivity index (χ4v) is 8.54. The number of hydrogen-bond acceptors (Lipinski definition) is 10. The molecule has 3 aliphatic rings. The van der Waals surface area contributed by atoms with E-state index in [0.29, 0.717) is 18.5 Å². The number of oxime groups is 1. The van der Waals surface area contributed by atoms with Gasteiger partial charge in [-0.3, -0.25) is 19.3 Å². The molecule has 2 saturated heterocycles. The van der Waals surface area contributed by atoms with Gasteiger partial charge < -0.3 is 25.9 Å². The van der Waals surface area contributed by atoms with Crippen molar-refractivity contribution in [1.29, 1.82) is 0 Å². The highest BCUT2D eigenvalue weighted by Crippen LogP contribution is 2.43. The number of carboxylic acids is 1. The number of nitrogens with one attached hydrogen (secondary N) is 1. The van der Waals surface area contributed by atoms with Gasteiger partial charge in [-0.25, -0.2) is 14.2 Å². The van der Waals surface area contributed by atoms with Crippen molar-refractivity contribution in [3.05, 3.63) is 142 Å². The Kier molecular flexibility index (Phi) is 10.1. The molecule has 53 heavy (non-hydrogen) atoms. The summed E-state index contributed by atoms with van der Waals surface area (Å²) in [4.78, 5) is 66.4. The average molecular weight is 753 g/mol. The molecule has 0 bridgehead atoms. The van der Waals surface area contributed by atoms with Crippen LogP contribution in [0, 0.1) is 0 Å². The van der Waals surface area contributed by atoms with Gasteiger partial charge in [0, 0.05) is 46.5 Å². The van der Waals surface area contributed by atoms with E-state index in [2.05, 4.69) is 15.5 Å². The van der Waals surface area contributed by atoms with Crippen LogP contribution >= 0.6 is 23.1 Å². The molecule has 0 aliphatic carbocycles. The molecule has 1 aromatic heterocycles. The van der Waals surface area contributed by atoms with E-state index in [9.17, 15) is 28.7 Å². The summed E-state index contributed by atoms with van der Waals surface area (Å²) < 4.78 is 12.9. The lowest BCUT2D eigenvalue weighted by molar-refractivity contribution is -0.150. The van der Waals surface area contributed by atoms with Crippen molar-refractivity contribution in [3.8, 4) is 0 Å². The second kappa shape index (κ2) is 15.0. The van der Waals surface area contributed by atoms with E-state index < -0.39 is 41.5 Å². The summed E-state index contributed by atoms with van der Waals surface area (Å²) in [5.74, 6) is -2.98. The minimum atomic E-state index is -1.35. The van der Waals surface area contributed by atoms with Crippen LogP contribution in [0.4, 0.5) is 9.52 Å². The number of hydrogen-bond donors (Lipinski definition) is 3. The molecule has 3 aliphatic heterocycles. The number of allylic oxidation sites excluding steroid dienone is 1. The molecule has 3 amide bonds. The lowest BCUT2D eigenvalue weighted by atomic mass is 9.80. The molecule has 12 nitrogen and oxygen atoms in total. The number of carbonyl (C=O) groups excluding carboxylic acids is 3. The highest BCUT2D eigenvalue weighted by Gasteiger charge is 2.54. The number of carbonyl (C=O) groups is 4. The minimum absolute atomic E-state index is 0.0423. The van der Waals surface area contributed by atoms with Gasteiger partial charge in [0.15, 0.2) is 10.8 Å². The molecular formula is C38H33FN6O6S2. The molecule has 2 fully saturated rings. The number of aliphatic carboxylic acids is 1. The Hall–Kier alpha value is -5.80. The van der Waals surface area contributed by atoms with E-state index in [1.165, 1.54) is 22.7 Å². The number of β-lactam (4-membered cyclic amide) rings is 1. The number of anilines is 1. The fourth-order valence-electron chi connectivity index (χ4n) is 6.68. The van der Waals surface area contributed by atoms with Crippen LogP contribution in [0.25, 0.3) is 0 Å². The highest BCUT2D eigenvalue weighted by molar-refractivity contribution is 8.00. The van der Waals surface area contributed by atoms with Crippen LogP contribution in [0.1, 0.15) is 28.8 Å². The Morgan fingerprint density at radius 2 is 1.62 bits per heavy atom. The second-order valence-electron chi connectivity index (χ2n) is 12.3. The lowest BCUT2D eigenvalue weighted by Gasteiger charge is -2.49.